The molecule has 0 aliphatic carbocycles. The van der Waals surface area contributed by atoms with Crippen LogP contribution < -0.4 is 54.0 Å². The Labute approximate surface area is 761 Å². The van der Waals surface area contributed by atoms with E-state index in [4.69, 9.17) is 20.9 Å². The molecule has 20 atom stereocenters. The zero-order valence-electron chi connectivity index (χ0n) is 78.8. The molecule has 0 radical (unpaired) electrons. The molecule has 4 aliphatic rings. The Balaban J connectivity index is 0.000000460. The Bertz CT molecular complexity index is 4270. The molecule has 0 spiro atoms. The fourth-order valence-corrected chi connectivity index (χ4v) is 15.9. The van der Waals surface area contributed by atoms with E-state index in [0.717, 1.165) is 19.6 Å². The average Bonchev–Trinajstić information content (AvgIpc) is 0.838. The number of carbonyl (C=O) groups is 18. The Hall–Kier alpha value is -11.2. The van der Waals surface area contributed by atoms with Crippen molar-refractivity contribution in [1.82, 2.24) is 62.1 Å². The van der Waals surface area contributed by atoms with E-state index in [1.54, 1.807) is 135 Å². The number of Topliss-reactive ketones (excluding diaryl/α,β-unsaturated/α-hetero) is 2. The summed E-state index contributed by atoms with van der Waals surface area (Å²) in [7, 11) is 2.75. The summed E-state index contributed by atoms with van der Waals surface area (Å²) >= 11 is 0. The number of benzene rings is 2. The van der Waals surface area contributed by atoms with Crippen molar-refractivity contribution in [3.05, 3.63) is 59.7 Å². The van der Waals surface area contributed by atoms with Gasteiger partial charge in [-0.25, -0.2) is 9.59 Å². The van der Waals surface area contributed by atoms with Crippen LogP contribution >= 0.6 is 0 Å². The van der Waals surface area contributed by atoms with Crippen LogP contribution in [0.1, 0.15) is 226 Å². The highest BCUT2D eigenvalue weighted by molar-refractivity contribution is 6.01. The first-order valence-electron chi connectivity index (χ1n) is 45.3. The number of nitrogens with one attached hydrogen (secondary N) is 8. The highest BCUT2D eigenvalue weighted by atomic mass is 16.6. The fourth-order valence-electron chi connectivity index (χ4n) is 15.9. The third kappa shape index (κ3) is 31.0. The van der Waals surface area contributed by atoms with Crippen molar-refractivity contribution in [2.45, 2.75) is 325 Å². The zero-order chi connectivity index (χ0) is 98.1. The van der Waals surface area contributed by atoms with Gasteiger partial charge in [-0.15, -0.1) is 0 Å². The van der Waals surface area contributed by atoms with Crippen molar-refractivity contribution in [2.24, 2.45) is 70.6 Å². The lowest BCUT2D eigenvalue weighted by Gasteiger charge is -2.44. The molecule has 4 bridgehead atoms. The molecule has 6 rings (SSSR count). The Morgan fingerprint density at radius 3 is 1.12 bits per heavy atom. The standard InChI is InChI=1S/2C46H71N7O12/c1-11-26(8)37-46(64)65-27(9)38(51-40(58)29(14-18-35(47)56)22-34(55)24(4)5)43(61)49-32(20-23(2)3)41(59)48-31-17-19-36(57)53(44(31)62)39(25(6)7)45(63)52(10)33(42(60)50-37)21-28-12-15-30(54)16-13-28;1-11-26(8)39-45(63)52(10)33(21-28-12-15-30(54)16-13-28)42(60)50-37(25(6)7)46(64)65-27(9)38(51-40(58)29(14-18-35(47)56)22-34(55)24(4)5)43(61)49-32(20-23(2)3)41(59)48-31-17-19-36(57)53(39)44(31)62/h2*12-13,15-16,23-27,29,31-33,36-39,54,57H,11,14,17-22H2,1-10H3,(H2,47,56)(H,48,59)(H,49,61)(H,50,60)(H,51,58)/t2*26?,27-,29-,31?,32+,33+,36+,37+,38-,39+/m11/s1. The van der Waals surface area contributed by atoms with Crippen molar-refractivity contribution in [1.29, 1.82) is 0 Å². The van der Waals surface area contributed by atoms with Crippen LogP contribution in [-0.4, -0.2) is 257 Å². The van der Waals surface area contributed by atoms with Crippen LogP contribution in [0.5, 0.6) is 11.5 Å². The number of aromatic hydroxyl groups is 2. The lowest BCUT2D eigenvalue weighted by Crippen LogP contribution is -2.66. The van der Waals surface area contributed by atoms with Crippen LogP contribution in [0.2, 0.25) is 0 Å². The van der Waals surface area contributed by atoms with Crippen LogP contribution in [-0.2, 0) is 109 Å². The first-order chi connectivity index (χ1) is 60.7. The number of primary amides is 2. The Kier molecular flexibility index (Phi) is 42.3. The van der Waals surface area contributed by atoms with Crippen molar-refractivity contribution < 1.29 is 116 Å². The van der Waals surface area contributed by atoms with Gasteiger partial charge in [-0.2, -0.15) is 0 Å². The molecule has 4 saturated heterocycles. The third-order valence-corrected chi connectivity index (χ3v) is 24.5. The molecular formula is C92H142N14O24. The number of phenolic OH excluding ortho intramolecular Hbond substituents is 2. The van der Waals surface area contributed by atoms with Crippen LogP contribution in [0.25, 0.3) is 0 Å². The number of aliphatic hydroxyl groups excluding tert-OH is 2. The van der Waals surface area contributed by atoms with Crippen LogP contribution in [0.15, 0.2) is 48.5 Å². The van der Waals surface area contributed by atoms with E-state index in [-0.39, 0.29) is 125 Å². The number of piperidine rings is 2. The molecule has 2 aromatic rings. The van der Waals surface area contributed by atoms with E-state index in [1.807, 2.05) is 0 Å². The summed E-state index contributed by atoms with van der Waals surface area (Å²) < 4.78 is 11.8. The summed E-state index contributed by atoms with van der Waals surface area (Å²) in [6, 6.07) is -4.69. The maximum absolute atomic E-state index is 14.8. The molecule has 4 unspecified atom stereocenters. The number of phenols is 2. The molecule has 38 nitrogen and oxygen atoms in total. The summed E-state index contributed by atoms with van der Waals surface area (Å²) in [5.41, 5.74) is 11.8. The molecule has 4 aliphatic heterocycles. The number of cyclic esters (lactones) is 2. The van der Waals surface area contributed by atoms with Gasteiger partial charge < -0.3 is 104 Å². The van der Waals surface area contributed by atoms with E-state index in [9.17, 15) is 107 Å². The van der Waals surface area contributed by atoms with E-state index >= 15 is 0 Å². The lowest BCUT2D eigenvalue weighted by atomic mass is 9.91. The predicted molar refractivity (Wildman–Crippen MR) is 475 cm³/mol. The molecule has 38 heteroatoms. The Morgan fingerprint density at radius 1 is 0.446 bits per heavy atom. The van der Waals surface area contributed by atoms with Gasteiger partial charge >= 0.3 is 11.9 Å². The van der Waals surface area contributed by atoms with Crippen LogP contribution in [0, 0.1) is 59.2 Å². The summed E-state index contributed by atoms with van der Waals surface area (Å²) in [5, 5.41) is 64.1. The number of fused-ring (bicyclic) bond motifs is 4. The number of ketones is 2. The Morgan fingerprint density at radius 2 is 0.792 bits per heavy atom. The number of nitrogens with two attached hydrogens (primary N) is 2. The molecule has 0 aromatic heterocycles. The first kappa shape index (κ1) is 109. The number of rotatable bonds is 30. The topological polar surface area (TPSA) is 568 Å². The minimum Gasteiger partial charge on any atom is -0.508 e. The second-order valence-corrected chi connectivity index (χ2v) is 37.2. The number of hydrogen-bond donors (Lipinski definition) is 14. The van der Waals surface area contributed by atoms with Gasteiger partial charge in [-0.3, -0.25) is 76.7 Å². The SMILES string of the molecule is CCC(C)[C@@H]1NC(=O)[C@H](Cc2ccc(O)cc2)N(C)C(=O)[C@H](C(C)C)N2C(=O)C(CC[C@@H]2O)NC(=O)[C@H](CC(C)C)NC(=O)[C@H](NC(=O)[C@H](CCC(N)=O)CC(=O)C(C)C)[C@@H](C)OC1=O.CCC(C)[C@H]1C(=O)N(C)[C@@H](Cc2ccc(O)cc2)C(=O)N[C@@H](C(C)C)C(=O)O[C@H](C)[C@@H](NC(=O)[C@H](CCC(N)=O)CC(=O)C(C)C)C(=O)N[C@@H](CC(C)C)C(=O)NC2CC[C@H](O)N1C2=O. The molecule has 4 heterocycles. The molecule has 16 N–H and O–H groups in total. The summed E-state index contributed by atoms with van der Waals surface area (Å²) in [5.74, 6) is -19.7. The predicted octanol–water partition coefficient (Wildman–Crippen LogP) is 2.40. The van der Waals surface area contributed by atoms with E-state index in [0.29, 0.717) is 24.0 Å². The summed E-state index contributed by atoms with van der Waals surface area (Å²) in [6.45, 7) is 30.0. The monoisotopic (exact) mass is 1830 g/mol. The number of hydrogen-bond acceptors (Lipinski definition) is 24. The van der Waals surface area contributed by atoms with Crippen LogP contribution in [0.4, 0.5) is 0 Å². The second-order valence-electron chi connectivity index (χ2n) is 37.2. The van der Waals surface area contributed by atoms with Gasteiger partial charge in [0.2, 0.25) is 82.7 Å². The molecule has 4 fully saturated rings. The van der Waals surface area contributed by atoms with Crippen molar-refractivity contribution in [3.63, 3.8) is 0 Å². The number of carbonyl (C=O) groups excluding carboxylic acids is 18. The van der Waals surface area contributed by atoms with Crippen LogP contribution in [0.3, 0.4) is 0 Å². The van der Waals surface area contributed by atoms with Gasteiger partial charge in [0.15, 0.2) is 0 Å². The number of aliphatic hydroxyl groups is 2. The maximum atomic E-state index is 14.8. The number of likely N-dealkylation sites (N-methyl/N-ethyl adjacent to an activating group) is 2. The van der Waals surface area contributed by atoms with Crippen molar-refractivity contribution in [3.8, 4) is 11.5 Å². The molecule has 130 heavy (non-hydrogen) atoms. The smallest absolute Gasteiger partial charge is 0.329 e. The number of nitrogens with zero attached hydrogens (tertiary/aromatic N) is 4. The largest absolute Gasteiger partial charge is 0.508 e. The average molecular weight is 1830 g/mol. The molecule has 724 valence electrons. The normalized spacial score (nSPS) is 26.3. The van der Waals surface area contributed by atoms with Gasteiger partial charge in [0.1, 0.15) is 120 Å². The highest BCUT2D eigenvalue weighted by Gasteiger charge is 2.51. The number of ether oxygens (including phenoxy) is 2. The maximum Gasteiger partial charge on any atom is 0.329 e. The minimum atomic E-state index is -1.70. The van der Waals surface area contributed by atoms with E-state index < -0.39 is 239 Å². The summed E-state index contributed by atoms with van der Waals surface area (Å²) in [6.07, 6.45) is -6.72. The molecule has 14 amide bonds. The third-order valence-electron chi connectivity index (χ3n) is 24.5. The van der Waals surface area contributed by atoms with Gasteiger partial charge in [0.25, 0.3) is 0 Å². The lowest BCUT2D eigenvalue weighted by molar-refractivity contribution is -0.168. The van der Waals surface area contributed by atoms with Gasteiger partial charge in [-0.1, -0.05) is 148 Å². The van der Waals surface area contributed by atoms with E-state index in [1.165, 1.54) is 52.2 Å². The first-order valence-corrected chi connectivity index (χ1v) is 45.3. The van der Waals surface area contributed by atoms with Gasteiger partial charge in [0, 0.05) is 76.3 Å². The van der Waals surface area contributed by atoms with Crippen molar-refractivity contribution >= 4 is 106 Å². The van der Waals surface area contributed by atoms with Crippen molar-refractivity contribution in [2.75, 3.05) is 14.1 Å². The minimum absolute atomic E-state index is 0.0161. The van der Waals surface area contributed by atoms with E-state index in [2.05, 4.69) is 42.5 Å². The fraction of sp³-hybridized carbons (Fsp3) is 0.674. The zero-order valence-corrected chi connectivity index (χ0v) is 78.8. The van der Waals surface area contributed by atoms with Gasteiger partial charge in [-0.05, 0) is 136 Å². The molecule has 2 aromatic carbocycles. The second kappa shape index (κ2) is 50.3. The highest BCUT2D eigenvalue weighted by Crippen LogP contribution is 2.32. The number of esters is 2. The van der Waals surface area contributed by atoms with Gasteiger partial charge in [0.05, 0.1) is 0 Å². The number of amides is 14. The molecular weight excluding hydrogens is 1690 g/mol. The molecule has 0 saturated carbocycles. The summed E-state index contributed by atoms with van der Waals surface area (Å²) in [4.78, 5) is 255. The quantitative estimate of drug-likeness (QED) is 0.0499.